The van der Waals surface area contributed by atoms with Crippen molar-refractivity contribution in [3.63, 3.8) is 0 Å². The summed E-state index contributed by atoms with van der Waals surface area (Å²) in [6, 6.07) is 7.49. The number of rotatable bonds is 1. The number of hydrogen-bond acceptors (Lipinski definition) is 5. The second kappa shape index (κ2) is 4.73. The zero-order valence-corrected chi connectivity index (χ0v) is 12.6. The van der Waals surface area contributed by atoms with Gasteiger partial charge in [0, 0.05) is 5.56 Å². The Bertz CT molecular complexity index is 524. The van der Waals surface area contributed by atoms with E-state index in [1.54, 1.807) is 0 Å². The summed E-state index contributed by atoms with van der Waals surface area (Å²) in [6.45, 7) is 5.48. The van der Waals surface area contributed by atoms with Gasteiger partial charge in [-0.2, -0.15) is 5.43 Å². The Morgan fingerprint density at radius 1 is 1.35 bits per heavy atom. The van der Waals surface area contributed by atoms with Crippen molar-refractivity contribution in [2.24, 2.45) is 5.73 Å². The van der Waals surface area contributed by atoms with Gasteiger partial charge in [0.15, 0.2) is 5.79 Å². The average molecular weight is 278 g/mol. The number of benzene rings is 1. The highest BCUT2D eigenvalue weighted by Crippen LogP contribution is 2.35. The van der Waals surface area contributed by atoms with Gasteiger partial charge in [0.25, 0.3) is 0 Å². The Hall–Kier alpha value is -1.63. The first-order chi connectivity index (χ1) is 9.15. The second-order valence-electron chi connectivity index (χ2n) is 6.11. The Kier molecular flexibility index (Phi) is 3.49. The average Bonchev–Trinajstić information content (AvgIpc) is 2.63. The number of ether oxygens (including phenoxy) is 1. The van der Waals surface area contributed by atoms with E-state index in [-0.39, 0.29) is 0 Å². The summed E-state index contributed by atoms with van der Waals surface area (Å²) in [4.78, 5) is 14.1. The van der Waals surface area contributed by atoms with Crippen molar-refractivity contribution in [1.29, 1.82) is 0 Å². The summed E-state index contributed by atoms with van der Waals surface area (Å²) in [7, 11) is 3.70. The van der Waals surface area contributed by atoms with Crippen LogP contribution in [0.25, 0.3) is 0 Å². The Morgan fingerprint density at radius 3 is 2.50 bits per heavy atom. The van der Waals surface area contributed by atoms with Crippen LogP contribution in [-0.2, 0) is 10.5 Å². The summed E-state index contributed by atoms with van der Waals surface area (Å²) in [5.41, 5.74) is 10.4. The number of carbonyl (C=O) groups excluding carboxylic acids is 1. The van der Waals surface area contributed by atoms with Crippen LogP contribution in [-0.4, -0.2) is 30.7 Å². The molecule has 0 radical (unpaired) electrons. The van der Waals surface area contributed by atoms with Crippen molar-refractivity contribution in [3.8, 4) is 0 Å². The molecular weight excluding hydrogens is 256 g/mol. The van der Waals surface area contributed by atoms with Crippen LogP contribution in [0.2, 0.25) is 0 Å². The van der Waals surface area contributed by atoms with Crippen LogP contribution in [0.5, 0.6) is 0 Å². The van der Waals surface area contributed by atoms with E-state index in [4.69, 9.17) is 10.5 Å². The highest BCUT2D eigenvalue weighted by molar-refractivity contribution is 5.90. The minimum Gasteiger partial charge on any atom is -0.442 e. The lowest BCUT2D eigenvalue weighted by Gasteiger charge is -2.33. The second-order valence-corrected chi connectivity index (χ2v) is 6.11. The molecule has 2 rings (SSSR count). The van der Waals surface area contributed by atoms with Gasteiger partial charge in [-0.15, -0.1) is 0 Å². The summed E-state index contributed by atoms with van der Waals surface area (Å²) < 4.78 is 5.40. The number of hydrogen-bond donors (Lipinski definition) is 2. The molecule has 1 atom stereocenters. The fraction of sp³-hybridized carbons (Fsp3) is 0.500. The molecule has 1 heterocycles. The molecule has 0 aliphatic carbocycles. The van der Waals surface area contributed by atoms with E-state index < -0.39 is 17.5 Å². The van der Waals surface area contributed by atoms with Crippen LogP contribution in [0.1, 0.15) is 26.3 Å². The van der Waals surface area contributed by atoms with Crippen LogP contribution >= 0.6 is 0 Å². The van der Waals surface area contributed by atoms with E-state index in [9.17, 15) is 4.79 Å². The van der Waals surface area contributed by atoms with Gasteiger partial charge in [0.05, 0.1) is 5.69 Å². The number of nitrogens with zero attached hydrogens (tertiary/aromatic N) is 2. The molecular formula is C14H22N4O2. The van der Waals surface area contributed by atoms with Crippen LogP contribution in [0.4, 0.5) is 10.5 Å². The monoisotopic (exact) mass is 278 g/mol. The third-order valence-corrected chi connectivity index (χ3v) is 3.12. The summed E-state index contributed by atoms with van der Waals surface area (Å²) in [6.07, 6.45) is -0.473. The topological polar surface area (TPSA) is 70.8 Å². The maximum atomic E-state index is 12.3. The molecule has 1 aliphatic rings. The molecule has 1 aromatic rings. The maximum Gasteiger partial charge on any atom is 0.429 e. The van der Waals surface area contributed by atoms with E-state index in [0.29, 0.717) is 5.69 Å². The number of carbonyl (C=O) groups is 1. The number of amides is 1. The molecule has 0 aromatic heterocycles. The zero-order chi connectivity index (χ0) is 15.1. The van der Waals surface area contributed by atoms with Crippen LogP contribution < -0.4 is 16.2 Å². The van der Waals surface area contributed by atoms with Gasteiger partial charge in [0.1, 0.15) is 5.60 Å². The molecule has 0 bridgehead atoms. The minimum atomic E-state index is -0.937. The molecule has 3 N–H and O–H groups in total. The molecule has 0 fully saturated rings. The van der Waals surface area contributed by atoms with Crippen LogP contribution in [0.3, 0.4) is 0 Å². The number of nitrogens with two attached hydrogens (primary N) is 1. The zero-order valence-electron chi connectivity index (χ0n) is 12.6. The molecule has 6 nitrogen and oxygen atoms in total. The molecule has 0 saturated heterocycles. The quantitative estimate of drug-likeness (QED) is 0.763. The number of anilines is 1. The Labute approximate surface area is 119 Å². The standard InChI is InChI=1S/C14H22N4O2/c1-13(2,3)20-12(19)18-11-9-7-6-8-10(11)14(15,16-18)17(4)5/h6-9,16H,15H2,1-5H3. The normalized spacial score (nSPS) is 22.1. The van der Waals surface area contributed by atoms with Gasteiger partial charge < -0.3 is 4.74 Å². The Balaban J connectivity index is 2.37. The lowest BCUT2D eigenvalue weighted by atomic mass is 10.1. The molecule has 1 unspecified atom stereocenters. The third-order valence-electron chi connectivity index (χ3n) is 3.12. The number of para-hydroxylation sites is 1. The number of nitrogens with one attached hydrogen (secondary N) is 1. The summed E-state index contributed by atoms with van der Waals surface area (Å²) >= 11 is 0. The van der Waals surface area contributed by atoms with E-state index in [1.165, 1.54) is 5.01 Å². The molecule has 0 spiro atoms. The minimum absolute atomic E-state index is 0.473. The first-order valence-corrected chi connectivity index (χ1v) is 6.52. The SMILES string of the molecule is CN(C)C1(N)NN(C(=O)OC(C)(C)C)c2ccccc21. The van der Waals surface area contributed by atoms with Crippen LogP contribution in [0.15, 0.2) is 24.3 Å². The molecule has 6 heteroatoms. The first-order valence-electron chi connectivity index (χ1n) is 6.52. The fourth-order valence-electron chi connectivity index (χ4n) is 2.07. The third kappa shape index (κ3) is 2.49. The predicted octanol–water partition coefficient (Wildman–Crippen LogP) is 1.58. The lowest BCUT2D eigenvalue weighted by molar-refractivity contribution is 0.0498. The molecule has 20 heavy (non-hydrogen) atoms. The van der Waals surface area contributed by atoms with Crippen molar-refractivity contribution < 1.29 is 9.53 Å². The van der Waals surface area contributed by atoms with E-state index in [2.05, 4.69) is 5.43 Å². The largest absolute Gasteiger partial charge is 0.442 e. The molecule has 110 valence electrons. The maximum absolute atomic E-state index is 12.3. The molecule has 1 aliphatic heterocycles. The van der Waals surface area contributed by atoms with Crippen molar-refractivity contribution in [3.05, 3.63) is 29.8 Å². The molecule has 1 aromatic carbocycles. The number of fused-ring (bicyclic) bond motifs is 1. The predicted molar refractivity (Wildman–Crippen MR) is 77.8 cm³/mol. The highest BCUT2D eigenvalue weighted by atomic mass is 16.6. The smallest absolute Gasteiger partial charge is 0.429 e. The van der Waals surface area contributed by atoms with E-state index >= 15 is 0 Å². The van der Waals surface area contributed by atoms with Gasteiger partial charge >= 0.3 is 6.09 Å². The van der Waals surface area contributed by atoms with Crippen molar-refractivity contribution in [2.75, 3.05) is 19.1 Å². The first kappa shape index (κ1) is 14.8. The fourth-order valence-corrected chi connectivity index (χ4v) is 2.07. The van der Waals surface area contributed by atoms with Gasteiger partial charge in [-0.1, -0.05) is 18.2 Å². The summed E-state index contributed by atoms with van der Waals surface area (Å²) in [5.74, 6) is -0.937. The molecule has 1 amide bonds. The van der Waals surface area contributed by atoms with E-state index in [1.807, 2.05) is 64.0 Å². The van der Waals surface area contributed by atoms with E-state index in [0.717, 1.165) is 5.56 Å². The van der Waals surface area contributed by atoms with Crippen molar-refractivity contribution in [1.82, 2.24) is 10.3 Å². The van der Waals surface area contributed by atoms with Crippen LogP contribution in [0, 0.1) is 0 Å². The van der Waals surface area contributed by atoms with Crippen molar-refractivity contribution in [2.45, 2.75) is 32.2 Å². The Morgan fingerprint density at radius 2 is 1.95 bits per heavy atom. The summed E-state index contributed by atoms with van der Waals surface area (Å²) in [5, 5.41) is 1.36. The van der Waals surface area contributed by atoms with Gasteiger partial charge in [0.2, 0.25) is 0 Å². The number of hydrazine groups is 1. The highest BCUT2D eigenvalue weighted by Gasteiger charge is 2.44. The van der Waals surface area contributed by atoms with Gasteiger partial charge in [-0.25, -0.2) is 9.80 Å². The molecule has 0 saturated carbocycles. The van der Waals surface area contributed by atoms with Gasteiger partial charge in [-0.3, -0.25) is 10.6 Å². The van der Waals surface area contributed by atoms with Crippen molar-refractivity contribution >= 4 is 11.8 Å². The lowest BCUT2D eigenvalue weighted by Crippen LogP contribution is -2.62. The van der Waals surface area contributed by atoms with Gasteiger partial charge in [-0.05, 0) is 40.9 Å².